The Labute approximate surface area is 141 Å². The molecule has 0 spiro atoms. The maximum Gasteiger partial charge on any atom is 0.254 e. The van der Waals surface area contributed by atoms with E-state index in [1.807, 2.05) is 31.2 Å². The number of amides is 2. The van der Waals surface area contributed by atoms with E-state index < -0.39 is 6.04 Å². The van der Waals surface area contributed by atoms with Crippen molar-refractivity contribution in [2.24, 2.45) is 0 Å². The molecule has 1 aliphatic rings. The second-order valence-electron chi connectivity index (χ2n) is 6.09. The summed E-state index contributed by atoms with van der Waals surface area (Å²) >= 11 is 0. The number of carbonyl (C=O) groups excluding carboxylic acids is 2. The number of aromatic nitrogens is 1. The van der Waals surface area contributed by atoms with Crippen LogP contribution in [-0.4, -0.2) is 34.3 Å². The summed E-state index contributed by atoms with van der Waals surface area (Å²) < 4.78 is 0. The monoisotopic (exact) mass is 323 g/mol. The summed E-state index contributed by atoms with van der Waals surface area (Å²) in [6, 6.07) is 12.3. The molecule has 5 nitrogen and oxygen atoms in total. The van der Waals surface area contributed by atoms with Gasteiger partial charge in [-0.3, -0.25) is 9.59 Å². The number of hydrogen-bond donors (Lipinski definition) is 1. The van der Waals surface area contributed by atoms with Gasteiger partial charge in [-0.2, -0.15) is 0 Å². The standard InChI is InChI=1S/C19H21N3O2/c1-14-10-11-17(20-13-14)21-18(23)16-9-5-6-12-22(16)19(24)15-7-3-2-4-8-15/h2-4,7-8,10-11,13,16H,5-6,9,12H2,1H3,(H,20,21,23). The molecule has 1 aliphatic heterocycles. The second-order valence-corrected chi connectivity index (χ2v) is 6.09. The zero-order chi connectivity index (χ0) is 16.9. The van der Waals surface area contributed by atoms with Crippen LogP contribution < -0.4 is 5.32 Å². The van der Waals surface area contributed by atoms with Gasteiger partial charge in [-0.1, -0.05) is 24.3 Å². The quantitative estimate of drug-likeness (QED) is 0.944. The summed E-state index contributed by atoms with van der Waals surface area (Å²) in [6.45, 7) is 2.55. The Morgan fingerprint density at radius 1 is 1.12 bits per heavy atom. The van der Waals surface area contributed by atoms with Crippen molar-refractivity contribution >= 4 is 17.6 Å². The third kappa shape index (κ3) is 3.62. The number of nitrogens with one attached hydrogen (secondary N) is 1. The number of aryl methyl sites for hydroxylation is 1. The Morgan fingerprint density at radius 2 is 1.92 bits per heavy atom. The van der Waals surface area contributed by atoms with Gasteiger partial charge >= 0.3 is 0 Å². The summed E-state index contributed by atoms with van der Waals surface area (Å²) in [5.41, 5.74) is 1.65. The number of pyridine rings is 1. The van der Waals surface area contributed by atoms with Gasteiger partial charge in [0.15, 0.2) is 0 Å². The molecule has 1 atom stereocenters. The molecule has 2 amide bonds. The highest BCUT2D eigenvalue weighted by Gasteiger charge is 2.32. The van der Waals surface area contributed by atoms with Crippen molar-refractivity contribution in [2.45, 2.75) is 32.2 Å². The number of nitrogens with zero attached hydrogens (tertiary/aromatic N) is 2. The van der Waals surface area contributed by atoms with Crippen molar-refractivity contribution in [3.63, 3.8) is 0 Å². The molecular formula is C19H21N3O2. The van der Waals surface area contributed by atoms with Gasteiger partial charge < -0.3 is 10.2 Å². The third-order valence-electron chi connectivity index (χ3n) is 4.25. The molecule has 1 aromatic carbocycles. The van der Waals surface area contributed by atoms with E-state index in [-0.39, 0.29) is 11.8 Å². The molecule has 24 heavy (non-hydrogen) atoms. The van der Waals surface area contributed by atoms with Crippen molar-refractivity contribution < 1.29 is 9.59 Å². The van der Waals surface area contributed by atoms with Crippen LogP contribution in [0.1, 0.15) is 35.2 Å². The minimum atomic E-state index is -0.449. The molecule has 1 unspecified atom stereocenters. The highest BCUT2D eigenvalue weighted by Crippen LogP contribution is 2.21. The van der Waals surface area contributed by atoms with Crippen LogP contribution in [0.25, 0.3) is 0 Å². The minimum Gasteiger partial charge on any atom is -0.327 e. The number of anilines is 1. The first-order valence-electron chi connectivity index (χ1n) is 8.25. The van der Waals surface area contributed by atoms with Crippen molar-refractivity contribution in [3.8, 4) is 0 Å². The van der Waals surface area contributed by atoms with E-state index in [2.05, 4.69) is 10.3 Å². The molecule has 124 valence electrons. The van der Waals surface area contributed by atoms with Gasteiger partial charge in [0.1, 0.15) is 11.9 Å². The van der Waals surface area contributed by atoms with Gasteiger partial charge in [-0.05, 0) is 49.9 Å². The van der Waals surface area contributed by atoms with E-state index >= 15 is 0 Å². The van der Waals surface area contributed by atoms with Gasteiger partial charge in [0.2, 0.25) is 5.91 Å². The molecule has 0 saturated carbocycles. The summed E-state index contributed by atoms with van der Waals surface area (Å²) in [4.78, 5) is 31.3. The molecule has 1 fully saturated rings. The van der Waals surface area contributed by atoms with Crippen molar-refractivity contribution in [2.75, 3.05) is 11.9 Å². The first-order chi connectivity index (χ1) is 11.6. The molecule has 2 heterocycles. The molecule has 0 bridgehead atoms. The molecule has 2 aromatic rings. The van der Waals surface area contributed by atoms with Gasteiger partial charge in [0, 0.05) is 18.3 Å². The lowest BCUT2D eigenvalue weighted by Gasteiger charge is -2.34. The van der Waals surface area contributed by atoms with Gasteiger partial charge in [0.25, 0.3) is 5.91 Å². The fourth-order valence-corrected chi connectivity index (χ4v) is 2.95. The van der Waals surface area contributed by atoms with Crippen molar-refractivity contribution in [1.29, 1.82) is 0 Å². The molecule has 0 radical (unpaired) electrons. The predicted octanol–water partition coefficient (Wildman–Crippen LogP) is 3.02. The van der Waals surface area contributed by atoms with Crippen LogP contribution in [0.5, 0.6) is 0 Å². The molecule has 5 heteroatoms. The summed E-state index contributed by atoms with van der Waals surface area (Å²) in [5, 5.41) is 2.83. The first-order valence-corrected chi connectivity index (χ1v) is 8.25. The lowest BCUT2D eigenvalue weighted by atomic mass is 10.00. The lowest BCUT2D eigenvalue weighted by Crippen LogP contribution is -2.50. The maximum atomic E-state index is 12.7. The number of rotatable bonds is 3. The number of hydrogen-bond acceptors (Lipinski definition) is 3. The van der Waals surface area contributed by atoms with Gasteiger partial charge in [-0.25, -0.2) is 4.98 Å². The van der Waals surface area contributed by atoms with Crippen LogP contribution in [-0.2, 0) is 4.79 Å². The minimum absolute atomic E-state index is 0.0904. The Kier molecular flexibility index (Phi) is 4.89. The van der Waals surface area contributed by atoms with Gasteiger partial charge in [0.05, 0.1) is 0 Å². The Hall–Kier alpha value is -2.69. The van der Waals surface area contributed by atoms with Crippen molar-refractivity contribution in [1.82, 2.24) is 9.88 Å². The lowest BCUT2D eigenvalue weighted by molar-refractivity contribution is -0.121. The average molecular weight is 323 g/mol. The molecule has 1 aromatic heterocycles. The van der Waals surface area contributed by atoms with Crippen LogP contribution in [0.3, 0.4) is 0 Å². The van der Waals surface area contributed by atoms with E-state index in [0.717, 1.165) is 18.4 Å². The van der Waals surface area contributed by atoms with Crippen LogP contribution in [0.15, 0.2) is 48.7 Å². The van der Waals surface area contributed by atoms with Crippen LogP contribution in [0.2, 0.25) is 0 Å². The molecule has 0 aliphatic carbocycles. The molecular weight excluding hydrogens is 302 g/mol. The Balaban J connectivity index is 1.75. The number of carbonyl (C=O) groups is 2. The van der Waals surface area contributed by atoms with E-state index in [1.54, 1.807) is 29.3 Å². The predicted molar refractivity (Wildman–Crippen MR) is 92.7 cm³/mol. The number of likely N-dealkylation sites (tertiary alicyclic amines) is 1. The van der Waals surface area contributed by atoms with Crippen LogP contribution >= 0.6 is 0 Å². The largest absolute Gasteiger partial charge is 0.327 e. The molecule has 1 saturated heterocycles. The Morgan fingerprint density at radius 3 is 2.62 bits per heavy atom. The molecule has 3 rings (SSSR count). The average Bonchev–Trinajstić information content (AvgIpc) is 2.63. The maximum absolute atomic E-state index is 12.7. The third-order valence-corrected chi connectivity index (χ3v) is 4.25. The summed E-state index contributed by atoms with van der Waals surface area (Å²) in [6.07, 6.45) is 4.25. The summed E-state index contributed by atoms with van der Waals surface area (Å²) in [5.74, 6) is 0.255. The van der Waals surface area contributed by atoms with Crippen LogP contribution in [0.4, 0.5) is 5.82 Å². The van der Waals surface area contributed by atoms with Crippen LogP contribution in [0, 0.1) is 6.92 Å². The van der Waals surface area contributed by atoms with Crippen molar-refractivity contribution in [3.05, 3.63) is 59.8 Å². The Bertz CT molecular complexity index is 713. The SMILES string of the molecule is Cc1ccc(NC(=O)C2CCCCN2C(=O)c2ccccc2)nc1. The zero-order valence-corrected chi connectivity index (χ0v) is 13.7. The fraction of sp³-hybridized carbons (Fsp3) is 0.316. The fourth-order valence-electron chi connectivity index (χ4n) is 2.95. The smallest absolute Gasteiger partial charge is 0.254 e. The highest BCUT2D eigenvalue weighted by atomic mass is 16.2. The summed E-state index contributed by atoms with van der Waals surface area (Å²) in [7, 11) is 0. The highest BCUT2D eigenvalue weighted by molar-refractivity contribution is 6.01. The normalized spacial score (nSPS) is 17.4. The van der Waals surface area contributed by atoms with E-state index in [1.165, 1.54) is 0 Å². The number of benzene rings is 1. The second kappa shape index (κ2) is 7.25. The zero-order valence-electron chi connectivity index (χ0n) is 13.7. The van der Waals surface area contributed by atoms with E-state index in [0.29, 0.717) is 24.3 Å². The van der Waals surface area contributed by atoms with Gasteiger partial charge in [-0.15, -0.1) is 0 Å². The molecule has 1 N–H and O–H groups in total. The number of piperidine rings is 1. The topological polar surface area (TPSA) is 62.3 Å². The van der Waals surface area contributed by atoms with E-state index in [9.17, 15) is 9.59 Å². The first kappa shape index (κ1) is 16.2. The van der Waals surface area contributed by atoms with E-state index in [4.69, 9.17) is 0 Å².